The van der Waals surface area contributed by atoms with Crippen molar-refractivity contribution in [1.29, 1.82) is 0 Å². The lowest BCUT2D eigenvalue weighted by Crippen LogP contribution is -2.47. The number of ketones is 1. The zero-order valence-electron chi connectivity index (χ0n) is 15.0. The van der Waals surface area contributed by atoms with E-state index in [0.717, 1.165) is 42.7 Å². The summed E-state index contributed by atoms with van der Waals surface area (Å²) in [6, 6.07) is 0. The maximum Gasteiger partial charge on any atom is 0.154 e. The van der Waals surface area contributed by atoms with Gasteiger partial charge in [-0.2, -0.15) is 0 Å². The fourth-order valence-electron chi connectivity index (χ4n) is 6.25. The lowest BCUT2D eigenvalue weighted by atomic mass is 9.48. The number of Topliss-reactive ketones (excluding diaryl/α,β-unsaturated/α-hetero) is 1. The van der Waals surface area contributed by atoms with Crippen molar-refractivity contribution in [3.63, 3.8) is 0 Å². The third-order valence-corrected chi connectivity index (χ3v) is 6.70. The minimum atomic E-state index is 0.344. The summed E-state index contributed by atoms with van der Waals surface area (Å²) >= 11 is 0. The summed E-state index contributed by atoms with van der Waals surface area (Å²) in [6.45, 7) is 2.63. The van der Waals surface area contributed by atoms with Gasteiger partial charge < -0.3 is 0 Å². The fourth-order valence-corrected chi connectivity index (χ4v) is 6.25. The van der Waals surface area contributed by atoms with Crippen molar-refractivity contribution in [3.8, 4) is 0 Å². The molecule has 0 unspecified atom stereocenters. The maximum atomic E-state index is 12.7. The fraction of sp³-hybridized carbons (Fsp3) is 0.850. The lowest BCUT2D eigenvalue weighted by Gasteiger charge is -2.56. The molecule has 0 N–H and O–H groups in total. The molecule has 0 amide bonds. The van der Waals surface area contributed by atoms with Crippen molar-refractivity contribution in [3.05, 3.63) is 11.9 Å². The standard InChI is InChI=1S/C20H31N3O/c1-2-3-4-5-18-13-23(22-21-18)14-19(24)12-20-9-15-6-16(10-20)8-17(7-15)11-20/h13,15-17H,2-12,14H2,1H3. The van der Waals surface area contributed by atoms with E-state index in [9.17, 15) is 4.79 Å². The molecule has 1 aromatic rings. The van der Waals surface area contributed by atoms with Crippen molar-refractivity contribution in [2.75, 3.05) is 0 Å². The second-order valence-corrected chi connectivity index (χ2v) is 9.00. The number of carbonyl (C=O) groups is 1. The Hall–Kier alpha value is -1.19. The molecule has 4 aliphatic rings. The third-order valence-electron chi connectivity index (χ3n) is 6.70. The number of carbonyl (C=O) groups excluding carboxylic acids is 1. The highest BCUT2D eigenvalue weighted by Crippen LogP contribution is 2.61. The second kappa shape index (κ2) is 6.61. The average molecular weight is 329 g/mol. The quantitative estimate of drug-likeness (QED) is 0.672. The number of hydrogen-bond donors (Lipinski definition) is 0. The molecule has 4 aliphatic carbocycles. The Morgan fingerprint density at radius 2 is 1.83 bits per heavy atom. The Kier molecular flexibility index (Phi) is 4.48. The summed E-state index contributed by atoms with van der Waals surface area (Å²) in [6.07, 6.45) is 15.6. The van der Waals surface area contributed by atoms with Gasteiger partial charge in [-0.1, -0.05) is 25.0 Å². The zero-order chi connectivity index (χ0) is 16.6. The van der Waals surface area contributed by atoms with Crippen LogP contribution < -0.4 is 0 Å². The Labute approximate surface area is 145 Å². The molecule has 4 nitrogen and oxygen atoms in total. The van der Waals surface area contributed by atoms with E-state index >= 15 is 0 Å². The molecule has 0 atom stereocenters. The second-order valence-electron chi connectivity index (χ2n) is 9.00. The summed E-state index contributed by atoms with van der Waals surface area (Å²) in [7, 11) is 0. The molecular weight excluding hydrogens is 298 g/mol. The van der Waals surface area contributed by atoms with Gasteiger partial charge in [-0.3, -0.25) is 4.79 Å². The van der Waals surface area contributed by atoms with Gasteiger partial charge in [-0.25, -0.2) is 4.68 Å². The molecular formula is C20H31N3O. The van der Waals surface area contributed by atoms with Crippen molar-refractivity contribution in [2.24, 2.45) is 23.2 Å². The molecule has 4 bridgehead atoms. The predicted octanol–water partition coefficient (Wildman–Crippen LogP) is 4.19. The number of aryl methyl sites for hydroxylation is 1. The topological polar surface area (TPSA) is 47.8 Å². The summed E-state index contributed by atoms with van der Waals surface area (Å²) < 4.78 is 1.77. The van der Waals surface area contributed by atoms with E-state index in [2.05, 4.69) is 17.2 Å². The largest absolute Gasteiger partial charge is 0.298 e. The molecule has 0 aliphatic heterocycles. The molecule has 4 fully saturated rings. The van der Waals surface area contributed by atoms with Crippen LogP contribution in [-0.4, -0.2) is 20.8 Å². The zero-order valence-corrected chi connectivity index (χ0v) is 15.0. The number of hydrogen-bond acceptors (Lipinski definition) is 3. The van der Waals surface area contributed by atoms with E-state index in [4.69, 9.17) is 0 Å². The monoisotopic (exact) mass is 329 g/mol. The van der Waals surface area contributed by atoms with Gasteiger partial charge in [-0.05, 0) is 74.5 Å². The van der Waals surface area contributed by atoms with Gasteiger partial charge >= 0.3 is 0 Å². The van der Waals surface area contributed by atoms with E-state index in [1.165, 1.54) is 51.4 Å². The van der Waals surface area contributed by atoms with Gasteiger partial charge in [0.1, 0.15) is 6.54 Å². The SMILES string of the molecule is CCCCCc1cn(CC(=O)CC23CC4CC(CC(C4)C2)C3)nn1. The highest BCUT2D eigenvalue weighted by atomic mass is 16.1. The first-order chi connectivity index (χ1) is 11.6. The van der Waals surface area contributed by atoms with Crippen molar-refractivity contribution in [2.45, 2.75) is 84.1 Å². The molecule has 5 rings (SSSR count). The van der Waals surface area contributed by atoms with E-state index in [0.29, 0.717) is 17.7 Å². The highest BCUT2D eigenvalue weighted by molar-refractivity contribution is 5.78. The summed E-state index contributed by atoms with van der Waals surface area (Å²) in [5.41, 5.74) is 1.38. The normalized spacial score (nSPS) is 34.0. The average Bonchev–Trinajstić information content (AvgIpc) is 2.92. The number of rotatable bonds is 8. The van der Waals surface area contributed by atoms with Crippen LogP contribution in [0.25, 0.3) is 0 Å². The number of unbranched alkanes of at least 4 members (excludes halogenated alkanes) is 2. The van der Waals surface area contributed by atoms with E-state index in [1.807, 2.05) is 6.20 Å². The molecule has 4 heteroatoms. The molecule has 1 aromatic heterocycles. The molecule has 132 valence electrons. The molecule has 0 saturated heterocycles. The molecule has 24 heavy (non-hydrogen) atoms. The van der Waals surface area contributed by atoms with Crippen LogP contribution in [0, 0.1) is 23.2 Å². The van der Waals surface area contributed by atoms with Crippen molar-refractivity contribution < 1.29 is 4.79 Å². The molecule has 0 aromatic carbocycles. The molecule has 1 heterocycles. The van der Waals surface area contributed by atoms with Crippen LogP contribution in [0.4, 0.5) is 0 Å². The van der Waals surface area contributed by atoms with Crippen LogP contribution in [0.2, 0.25) is 0 Å². The van der Waals surface area contributed by atoms with E-state index < -0.39 is 0 Å². The van der Waals surface area contributed by atoms with Gasteiger partial charge in [0.25, 0.3) is 0 Å². The van der Waals surface area contributed by atoms with Crippen LogP contribution in [0.1, 0.15) is 76.8 Å². The van der Waals surface area contributed by atoms with Crippen LogP contribution in [0.5, 0.6) is 0 Å². The van der Waals surface area contributed by atoms with Gasteiger partial charge in [0.05, 0.1) is 5.69 Å². The van der Waals surface area contributed by atoms with E-state index in [-0.39, 0.29) is 0 Å². The van der Waals surface area contributed by atoms with Crippen LogP contribution in [0.3, 0.4) is 0 Å². The minimum Gasteiger partial charge on any atom is -0.298 e. The first-order valence-corrected chi connectivity index (χ1v) is 10.0. The first kappa shape index (κ1) is 16.3. The highest BCUT2D eigenvalue weighted by Gasteiger charge is 2.51. The Morgan fingerprint density at radius 1 is 1.17 bits per heavy atom. The number of aromatic nitrogens is 3. The Balaban J connectivity index is 1.32. The Morgan fingerprint density at radius 3 is 2.46 bits per heavy atom. The van der Waals surface area contributed by atoms with Gasteiger partial charge in [0.2, 0.25) is 0 Å². The summed E-state index contributed by atoms with van der Waals surface area (Å²) in [5, 5.41) is 8.40. The minimum absolute atomic E-state index is 0.344. The number of nitrogens with zero attached hydrogens (tertiary/aromatic N) is 3. The van der Waals surface area contributed by atoms with Crippen LogP contribution in [0.15, 0.2) is 6.20 Å². The van der Waals surface area contributed by atoms with Gasteiger partial charge in [0.15, 0.2) is 5.78 Å². The van der Waals surface area contributed by atoms with Gasteiger partial charge in [0, 0.05) is 12.6 Å². The smallest absolute Gasteiger partial charge is 0.154 e. The van der Waals surface area contributed by atoms with Crippen LogP contribution in [-0.2, 0) is 17.8 Å². The lowest BCUT2D eigenvalue weighted by molar-refractivity contribution is -0.128. The van der Waals surface area contributed by atoms with E-state index in [1.54, 1.807) is 4.68 Å². The predicted molar refractivity (Wildman–Crippen MR) is 93.5 cm³/mol. The van der Waals surface area contributed by atoms with Crippen LogP contribution >= 0.6 is 0 Å². The molecule has 0 radical (unpaired) electrons. The summed E-state index contributed by atoms with van der Waals surface area (Å²) in [4.78, 5) is 12.7. The summed E-state index contributed by atoms with van der Waals surface area (Å²) in [5.74, 6) is 3.11. The third kappa shape index (κ3) is 3.43. The van der Waals surface area contributed by atoms with Crippen molar-refractivity contribution in [1.82, 2.24) is 15.0 Å². The maximum absolute atomic E-state index is 12.7. The molecule has 4 saturated carbocycles. The Bertz CT molecular complexity index is 556. The first-order valence-electron chi connectivity index (χ1n) is 10.0. The van der Waals surface area contributed by atoms with Gasteiger partial charge in [-0.15, -0.1) is 5.10 Å². The molecule has 0 spiro atoms. The van der Waals surface area contributed by atoms with Crippen molar-refractivity contribution >= 4 is 5.78 Å².